The van der Waals surface area contributed by atoms with Gasteiger partial charge in [-0.25, -0.2) is 0 Å². The molecule has 0 saturated carbocycles. The molecule has 1 aromatic rings. The molecule has 0 amide bonds. The highest BCUT2D eigenvalue weighted by atomic mass is 14.9. The third kappa shape index (κ3) is 1.59. The molecule has 0 radical (unpaired) electrons. The predicted octanol–water partition coefficient (Wildman–Crippen LogP) is 1.03. The molecule has 0 unspecified atom stereocenters. The Morgan fingerprint density at radius 1 is 1.25 bits per heavy atom. The van der Waals surface area contributed by atoms with Gasteiger partial charge in [0.1, 0.15) is 0 Å². The Morgan fingerprint density at radius 3 is 2.42 bits per heavy atom. The summed E-state index contributed by atoms with van der Waals surface area (Å²) in [6.07, 6.45) is 1.19. The number of nitrogens with one attached hydrogen (secondary N) is 1. The second-order valence-electron chi connectivity index (χ2n) is 3.47. The van der Waals surface area contributed by atoms with Crippen molar-refractivity contribution in [2.24, 2.45) is 5.92 Å². The number of anilines is 1. The molecule has 1 heterocycles. The van der Waals surface area contributed by atoms with Crippen LogP contribution in [0.1, 0.15) is 5.56 Å². The molecule has 1 saturated heterocycles. The lowest BCUT2D eigenvalue weighted by atomic mass is 9.94. The monoisotopic (exact) mass is 162 g/mol. The third-order valence-corrected chi connectivity index (χ3v) is 2.37. The van der Waals surface area contributed by atoms with Gasteiger partial charge in [0.15, 0.2) is 0 Å². The number of benzene rings is 1. The van der Waals surface area contributed by atoms with E-state index < -0.39 is 0 Å². The van der Waals surface area contributed by atoms with Crippen molar-refractivity contribution in [3.05, 3.63) is 29.8 Å². The van der Waals surface area contributed by atoms with Crippen molar-refractivity contribution in [3.8, 4) is 0 Å². The molecule has 0 spiro atoms. The Hall–Kier alpha value is -1.02. The van der Waals surface area contributed by atoms with Crippen LogP contribution in [0.25, 0.3) is 0 Å². The van der Waals surface area contributed by atoms with Crippen LogP contribution >= 0.6 is 0 Å². The van der Waals surface area contributed by atoms with E-state index in [9.17, 15) is 0 Å². The van der Waals surface area contributed by atoms with Crippen LogP contribution in [0.4, 0.5) is 5.69 Å². The van der Waals surface area contributed by atoms with E-state index in [-0.39, 0.29) is 0 Å². The molecule has 2 nitrogen and oxygen atoms in total. The minimum atomic E-state index is 0.841. The average Bonchev–Trinajstić information content (AvgIpc) is 2.00. The number of nitrogen functional groups attached to an aromatic ring is 1. The molecule has 1 fully saturated rings. The summed E-state index contributed by atoms with van der Waals surface area (Å²) in [5.41, 5.74) is 7.84. The second kappa shape index (κ2) is 3.15. The van der Waals surface area contributed by atoms with Gasteiger partial charge < -0.3 is 11.1 Å². The molecular formula is C10H14N2. The van der Waals surface area contributed by atoms with Crippen molar-refractivity contribution < 1.29 is 0 Å². The van der Waals surface area contributed by atoms with Gasteiger partial charge in [-0.2, -0.15) is 0 Å². The zero-order valence-electron chi connectivity index (χ0n) is 7.09. The lowest BCUT2D eigenvalue weighted by molar-refractivity contribution is 0.346. The summed E-state index contributed by atoms with van der Waals surface area (Å²) in [6.45, 7) is 2.34. The Bertz CT molecular complexity index is 249. The zero-order valence-corrected chi connectivity index (χ0v) is 7.09. The number of nitrogens with two attached hydrogens (primary N) is 1. The van der Waals surface area contributed by atoms with Gasteiger partial charge in [0.2, 0.25) is 0 Å². The summed E-state index contributed by atoms with van der Waals surface area (Å²) in [5.74, 6) is 0.841. The lowest BCUT2D eigenvalue weighted by Crippen LogP contribution is -2.43. The minimum absolute atomic E-state index is 0.841. The van der Waals surface area contributed by atoms with E-state index >= 15 is 0 Å². The van der Waals surface area contributed by atoms with Gasteiger partial charge in [-0.1, -0.05) is 12.1 Å². The first kappa shape index (κ1) is 7.62. The second-order valence-corrected chi connectivity index (χ2v) is 3.47. The summed E-state index contributed by atoms with van der Waals surface area (Å²) in [4.78, 5) is 0. The average molecular weight is 162 g/mol. The van der Waals surface area contributed by atoms with Crippen LogP contribution in [0, 0.1) is 5.92 Å². The first-order chi connectivity index (χ1) is 5.84. The summed E-state index contributed by atoms with van der Waals surface area (Å²) < 4.78 is 0. The fourth-order valence-corrected chi connectivity index (χ4v) is 1.48. The van der Waals surface area contributed by atoms with Crippen molar-refractivity contribution >= 4 is 5.69 Å². The SMILES string of the molecule is Nc1ccc(CC2CNC2)cc1. The maximum absolute atomic E-state index is 5.59. The van der Waals surface area contributed by atoms with Gasteiger partial charge >= 0.3 is 0 Å². The molecule has 0 aliphatic carbocycles. The minimum Gasteiger partial charge on any atom is -0.399 e. The highest BCUT2D eigenvalue weighted by molar-refractivity contribution is 5.39. The maximum atomic E-state index is 5.59. The van der Waals surface area contributed by atoms with Crippen LogP contribution in [0.3, 0.4) is 0 Å². The van der Waals surface area contributed by atoms with Crippen molar-refractivity contribution in [3.63, 3.8) is 0 Å². The molecule has 0 atom stereocenters. The summed E-state index contributed by atoms with van der Waals surface area (Å²) >= 11 is 0. The van der Waals surface area contributed by atoms with E-state index in [1.807, 2.05) is 12.1 Å². The van der Waals surface area contributed by atoms with Gasteiger partial charge in [-0.05, 0) is 43.1 Å². The van der Waals surface area contributed by atoms with E-state index in [1.165, 1.54) is 25.1 Å². The standard InChI is InChI=1S/C10H14N2/c11-10-3-1-8(2-4-10)5-9-6-12-7-9/h1-4,9,12H,5-7,11H2. The Balaban J connectivity index is 1.98. The number of rotatable bonds is 2. The van der Waals surface area contributed by atoms with Gasteiger partial charge in [0.05, 0.1) is 0 Å². The first-order valence-corrected chi connectivity index (χ1v) is 4.40. The highest BCUT2D eigenvalue weighted by Gasteiger charge is 2.16. The molecule has 3 N–H and O–H groups in total. The molecule has 12 heavy (non-hydrogen) atoms. The molecule has 2 heteroatoms. The van der Waals surface area contributed by atoms with Crippen molar-refractivity contribution in [1.82, 2.24) is 5.32 Å². The van der Waals surface area contributed by atoms with E-state index in [0.29, 0.717) is 0 Å². The van der Waals surface area contributed by atoms with Crippen LogP contribution in [0.15, 0.2) is 24.3 Å². The van der Waals surface area contributed by atoms with E-state index in [4.69, 9.17) is 5.73 Å². The van der Waals surface area contributed by atoms with Crippen LogP contribution < -0.4 is 11.1 Å². The fraction of sp³-hybridized carbons (Fsp3) is 0.400. The maximum Gasteiger partial charge on any atom is 0.0314 e. The number of hydrogen-bond donors (Lipinski definition) is 2. The van der Waals surface area contributed by atoms with Crippen LogP contribution in [-0.2, 0) is 6.42 Å². The quantitative estimate of drug-likeness (QED) is 0.637. The molecule has 2 rings (SSSR count). The fourth-order valence-electron chi connectivity index (χ4n) is 1.48. The van der Waals surface area contributed by atoms with Crippen LogP contribution in [0.5, 0.6) is 0 Å². The van der Waals surface area contributed by atoms with Crippen LogP contribution in [-0.4, -0.2) is 13.1 Å². The molecule has 0 bridgehead atoms. The summed E-state index contributed by atoms with van der Waals surface area (Å²) in [5, 5.41) is 3.27. The largest absolute Gasteiger partial charge is 0.399 e. The predicted molar refractivity (Wildman–Crippen MR) is 50.9 cm³/mol. The third-order valence-electron chi connectivity index (χ3n) is 2.37. The van der Waals surface area contributed by atoms with Crippen molar-refractivity contribution in [2.75, 3.05) is 18.8 Å². The van der Waals surface area contributed by atoms with E-state index in [2.05, 4.69) is 17.4 Å². The lowest BCUT2D eigenvalue weighted by Gasteiger charge is -2.27. The molecule has 1 aromatic carbocycles. The topological polar surface area (TPSA) is 38.0 Å². The normalized spacial score (nSPS) is 17.3. The van der Waals surface area contributed by atoms with Gasteiger partial charge in [0.25, 0.3) is 0 Å². The van der Waals surface area contributed by atoms with Crippen molar-refractivity contribution in [2.45, 2.75) is 6.42 Å². The Kier molecular flexibility index (Phi) is 2.00. The Morgan fingerprint density at radius 2 is 1.92 bits per heavy atom. The molecule has 64 valence electrons. The zero-order chi connectivity index (χ0) is 8.39. The van der Waals surface area contributed by atoms with Gasteiger partial charge in [-0.3, -0.25) is 0 Å². The van der Waals surface area contributed by atoms with Crippen LogP contribution in [0.2, 0.25) is 0 Å². The van der Waals surface area contributed by atoms with E-state index in [0.717, 1.165) is 11.6 Å². The van der Waals surface area contributed by atoms with Gasteiger partial charge in [-0.15, -0.1) is 0 Å². The summed E-state index contributed by atoms with van der Waals surface area (Å²) in [7, 11) is 0. The molecule has 0 aromatic heterocycles. The molecule has 1 aliphatic heterocycles. The first-order valence-electron chi connectivity index (χ1n) is 4.40. The molecule has 1 aliphatic rings. The smallest absolute Gasteiger partial charge is 0.0314 e. The molecular weight excluding hydrogens is 148 g/mol. The van der Waals surface area contributed by atoms with Crippen molar-refractivity contribution in [1.29, 1.82) is 0 Å². The highest BCUT2D eigenvalue weighted by Crippen LogP contribution is 2.13. The Labute approximate surface area is 72.8 Å². The summed E-state index contributed by atoms with van der Waals surface area (Å²) in [6, 6.07) is 8.18. The number of hydrogen-bond acceptors (Lipinski definition) is 2. The van der Waals surface area contributed by atoms with Gasteiger partial charge in [0, 0.05) is 5.69 Å². The van der Waals surface area contributed by atoms with E-state index in [1.54, 1.807) is 0 Å².